The lowest BCUT2D eigenvalue weighted by Crippen LogP contribution is -2.13. The molecule has 3 aromatic heterocycles. The number of aromatic nitrogens is 3. The Morgan fingerprint density at radius 2 is 0.457 bits per heavy atom. The molecular weight excluding hydrogens is 1250 g/mol. The van der Waals surface area contributed by atoms with Gasteiger partial charge in [0.15, 0.2) is 0 Å². The largest absolute Gasteiger partial charge is 0.356 e. The van der Waals surface area contributed by atoms with Crippen molar-refractivity contribution in [3.05, 3.63) is 367 Å². The predicted molar refractivity (Wildman–Crippen MR) is 397 cm³/mol. The standard InChI is InChI=1S/C54H38N4.C24H18N2.C6H4Br2/c1-3-16-39(17-4-1)55(41-30-34-43(35-31-41)57-51-26-11-7-22-47(51)48-23-8-12-27-52(48)57)45-20-15-21-46(38-45)56(40-18-5-2-6-19-40)42-32-36-44(37-33-42)58-53-28-13-9-24-49(53)50-25-10-14-29-54(50)58;1-2-8-18(9-3-1)25-19-14-16-20(17-15-19)26-23-12-6-4-10-21(23)22-11-5-7-13-24(22)26;7-5-2-1-3-6(8)4-5/h1-38H;1-17,25H;1-4H. The topological polar surface area (TPSA) is 33.3 Å². The third kappa shape index (κ3) is 11.4. The molecule has 0 saturated carbocycles. The minimum absolute atomic E-state index is 1.07. The van der Waals surface area contributed by atoms with E-state index >= 15 is 0 Å². The summed E-state index contributed by atoms with van der Waals surface area (Å²) in [5.41, 5.74) is 19.3. The van der Waals surface area contributed by atoms with E-state index in [0.717, 1.165) is 65.8 Å². The van der Waals surface area contributed by atoms with Crippen molar-refractivity contribution in [2.75, 3.05) is 15.1 Å². The van der Waals surface area contributed by atoms with Crippen LogP contribution < -0.4 is 15.1 Å². The number of para-hydroxylation sites is 9. The van der Waals surface area contributed by atoms with Gasteiger partial charge in [-0.25, -0.2) is 0 Å². The van der Waals surface area contributed by atoms with E-state index in [4.69, 9.17) is 0 Å². The van der Waals surface area contributed by atoms with Gasteiger partial charge in [-0.1, -0.05) is 208 Å². The molecule has 0 aliphatic heterocycles. The number of fused-ring (bicyclic) bond motifs is 9. The Morgan fingerprint density at radius 3 is 0.772 bits per heavy atom. The van der Waals surface area contributed by atoms with Gasteiger partial charge >= 0.3 is 0 Å². The third-order valence-corrected chi connectivity index (χ3v) is 17.8. The van der Waals surface area contributed by atoms with Crippen LogP contribution in [0.15, 0.2) is 367 Å². The lowest BCUT2D eigenvalue weighted by atomic mass is 10.1. The van der Waals surface area contributed by atoms with E-state index in [1.807, 2.05) is 42.5 Å². The molecule has 1 N–H and O–H groups in total. The number of benzene rings is 14. The van der Waals surface area contributed by atoms with Crippen LogP contribution in [0.25, 0.3) is 82.5 Å². The summed E-state index contributed by atoms with van der Waals surface area (Å²) in [4.78, 5) is 4.68. The molecule has 0 bridgehead atoms. The van der Waals surface area contributed by atoms with Crippen molar-refractivity contribution in [2.45, 2.75) is 0 Å². The summed E-state index contributed by atoms with van der Waals surface area (Å²) in [5.74, 6) is 0. The van der Waals surface area contributed by atoms with Gasteiger partial charge in [0.25, 0.3) is 0 Å². The second kappa shape index (κ2) is 25.7. The van der Waals surface area contributed by atoms with Gasteiger partial charge in [-0.05, 0) is 182 Å². The van der Waals surface area contributed by atoms with Crippen molar-refractivity contribution in [3.8, 4) is 17.1 Å². The van der Waals surface area contributed by atoms with Crippen LogP contribution in [0.1, 0.15) is 0 Å². The zero-order valence-electron chi connectivity index (χ0n) is 50.1. The van der Waals surface area contributed by atoms with E-state index in [1.165, 1.54) is 71.1 Å². The highest BCUT2D eigenvalue weighted by Gasteiger charge is 2.20. The van der Waals surface area contributed by atoms with Crippen LogP contribution in [-0.4, -0.2) is 13.7 Å². The number of halogens is 2. The van der Waals surface area contributed by atoms with Gasteiger partial charge in [0.1, 0.15) is 0 Å². The Kier molecular flexibility index (Phi) is 16.0. The second-order valence-corrected chi connectivity index (χ2v) is 24.3. The van der Waals surface area contributed by atoms with Crippen molar-refractivity contribution < 1.29 is 0 Å². The Balaban J connectivity index is 0.000000169. The normalized spacial score (nSPS) is 11.2. The molecule has 0 radical (unpaired) electrons. The van der Waals surface area contributed by atoms with E-state index in [-0.39, 0.29) is 0 Å². The molecule has 14 aromatic carbocycles. The maximum absolute atomic E-state index is 3.44. The van der Waals surface area contributed by atoms with Gasteiger partial charge in [-0.15, -0.1) is 0 Å². The molecule has 440 valence electrons. The lowest BCUT2D eigenvalue weighted by Gasteiger charge is -2.29. The van der Waals surface area contributed by atoms with Crippen LogP contribution in [0.5, 0.6) is 0 Å². The summed E-state index contributed by atoms with van der Waals surface area (Å²) in [6.45, 7) is 0. The van der Waals surface area contributed by atoms with Gasteiger partial charge in [-0.2, -0.15) is 0 Å². The van der Waals surface area contributed by atoms with Gasteiger partial charge in [0, 0.05) is 104 Å². The highest BCUT2D eigenvalue weighted by Crippen LogP contribution is 2.43. The molecule has 0 aliphatic carbocycles. The molecule has 0 fully saturated rings. The van der Waals surface area contributed by atoms with Gasteiger partial charge in [-0.3, -0.25) is 0 Å². The molecule has 8 heteroatoms. The fraction of sp³-hybridized carbons (Fsp3) is 0. The van der Waals surface area contributed by atoms with Crippen LogP contribution in [0.3, 0.4) is 0 Å². The van der Waals surface area contributed by atoms with E-state index < -0.39 is 0 Å². The van der Waals surface area contributed by atoms with Gasteiger partial charge in [0.2, 0.25) is 0 Å². The van der Waals surface area contributed by atoms with Gasteiger partial charge < -0.3 is 28.8 Å². The molecule has 6 nitrogen and oxygen atoms in total. The molecule has 0 aliphatic rings. The summed E-state index contributed by atoms with van der Waals surface area (Å²) < 4.78 is 9.27. The summed E-state index contributed by atoms with van der Waals surface area (Å²) in [6, 6.07) is 127. The molecule has 0 amide bonds. The average molecular weight is 1310 g/mol. The maximum atomic E-state index is 3.44. The second-order valence-electron chi connectivity index (χ2n) is 22.5. The number of rotatable bonds is 11. The summed E-state index contributed by atoms with van der Waals surface area (Å²) >= 11 is 6.66. The van der Waals surface area contributed by atoms with Gasteiger partial charge in [0.05, 0.1) is 33.1 Å². The zero-order valence-corrected chi connectivity index (χ0v) is 53.2. The van der Waals surface area contributed by atoms with Crippen molar-refractivity contribution in [2.24, 2.45) is 0 Å². The molecule has 3 heterocycles. The van der Waals surface area contributed by atoms with E-state index in [0.29, 0.717) is 0 Å². The Bertz CT molecular complexity index is 5000. The van der Waals surface area contributed by atoms with Crippen LogP contribution >= 0.6 is 31.9 Å². The number of nitrogens with zero attached hydrogens (tertiary/aromatic N) is 5. The first-order valence-electron chi connectivity index (χ1n) is 30.8. The first kappa shape index (κ1) is 57.3. The smallest absolute Gasteiger partial charge is 0.0541 e. The third-order valence-electron chi connectivity index (χ3n) is 16.8. The fourth-order valence-corrected chi connectivity index (χ4v) is 13.9. The molecular formula is C84H60Br2N6. The van der Waals surface area contributed by atoms with Crippen molar-refractivity contribution >= 4 is 143 Å². The molecule has 0 saturated heterocycles. The van der Waals surface area contributed by atoms with E-state index in [9.17, 15) is 0 Å². The SMILES string of the molecule is Brc1cccc(Br)c1.c1ccc(N(c2ccc(-n3c4ccccc4c4ccccc43)cc2)c2cccc(N(c3ccccc3)c3ccc(-n4c5ccccc5c5ccccc54)cc3)c2)cc1.c1ccc(Nc2ccc(-n3c4ccccc4c4ccccc43)cc2)cc1. The number of hydrogen-bond acceptors (Lipinski definition) is 3. The van der Waals surface area contributed by atoms with Crippen LogP contribution in [0.2, 0.25) is 0 Å². The average Bonchev–Trinajstić information content (AvgIpc) is 1.64. The number of nitrogens with one attached hydrogen (secondary N) is 1. The first-order valence-corrected chi connectivity index (χ1v) is 32.4. The molecule has 92 heavy (non-hydrogen) atoms. The molecule has 17 aromatic rings. The van der Waals surface area contributed by atoms with Crippen molar-refractivity contribution in [1.29, 1.82) is 0 Å². The monoisotopic (exact) mass is 1310 g/mol. The van der Waals surface area contributed by atoms with E-state index in [1.54, 1.807) is 0 Å². The maximum Gasteiger partial charge on any atom is 0.0541 e. The Hall–Kier alpha value is -11.2. The fourth-order valence-electron chi connectivity index (χ4n) is 12.8. The van der Waals surface area contributed by atoms with E-state index in [2.05, 4.69) is 376 Å². The minimum atomic E-state index is 1.07. The number of anilines is 8. The Morgan fingerprint density at radius 1 is 0.207 bits per heavy atom. The highest BCUT2D eigenvalue weighted by molar-refractivity contribution is 9.11. The van der Waals surface area contributed by atoms with Crippen molar-refractivity contribution in [1.82, 2.24) is 13.7 Å². The zero-order chi connectivity index (χ0) is 61.7. The van der Waals surface area contributed by atoms with Crippen LogP contribution in [0.4, 0.5) is 45.5 Å². The highest BCUT2D eigenvalue weighted by atomic mass is 79.9. The molecule has 0 unspecified atom stereocenters. The van der Waals surface area contributed by atoms with Crippen LogP contribution in [0, 0.1) is 0 Å². The first-order chi connectivity index (χ1) is 45.5. The lowest BCUT2D eigenvalue weighted by molar-refractivity contribution is 1.17. The predicted octanol–water partition coefficient (Wildman–Crippen LogP) is 24.6. The summed E-state index contributed by atoms with van der Waals surface area (Å²) in [5, 5.41) is 11.0. The molecule has 0 spiro atoms. The Labute approximate surface area is 551 Å². The quantitative estimate of drug-likeness (QED) is 0.140. The molecule has 17 rings (SSSR count). The number of hydrogen-bond donors (Lipinski definition) is 1. The van der Waals surface area contributed by atoms with Crippen molar-refractivity contribution in [3.63, 3.8) is 0 Å². The summed E-state index contributed by atoms with van der Waals surface area (Å²) in [7, 11) is 0. The van der Waals surface area contributed by atoms with Crippen LogP contribution in [-0.2, 0) is 0 Å². The minimum Gasteiger partial charge on any atom is -0.356 e. The molecule has 0 atom stereocenters. The summed E-state index contributed by atoms with van der Waals surface area (Å²) in [6.07, 6.45) is 0.